The number of hydrogen-bond acceptors (Lipinski definition) is 2. The van der Waals surface area contributed by atoms with Gasteiger partial charge in [-0.3, -0.25) is 0 Å². The Labute approximate surface area is 100 Å². The summed E-state index contributed by atoms with van der Waals surface area (Å²) in [6, 6.07) is 3.94. The first kappa shape index (κ1) is 14.1. The van der Waals surface area contributed by atoms with Crippen molar-refractivity contribution in [3.05, 3.63) is 35.4 Å². The lowest BCUT2D eigenvalue weighted by Gasteiger charge is -2.39. The summed E-state index contributed by atoms with van der Waals surface area (Å²) in [7, 11) is 0. The van der Waals surface area contributed by atoms with Gasteiger partial charge in [-0.1, -0.05) is 32.9 Å². The summed E-state index contributed by atoms with van der Waals surface area (Å²) in [6.07, 6.45) is -0.00338. The quantitative estimate of drug-likeness (QED) is 0.855. The van der Waals surface area contributed by atoms with E-state index in [0.717, 1.165) is 6.07 Å². The fourth-order valence-corrected chi connectivity index (χ4v) is 1.64. The average molecular weight is 243 g/mol. The van der Waals surface area contributed by atoms with Crippen molar-refractivity contribution in [1.29, 1.82) is 0 Å². The van der Waals surface area contributed by atoms with Gasteiger partial charge in [-0.2, -0.15) is 0 Å². The highest BCUT2D eigenvalue weighted by Crippen LogP contribution is 2.33. The number of benzene rings is 1. The molecule has 0 fully saturated rings. The van der Waals surface area contributed by atoms with Crippen LogP contribution in [0.3, 0.4) is 0 Å². The minimum Gasteiger partial charge on any atom is -0.388 e. The highest BCUT2D eigenvalue weighted by molar-refractivity contribution is 5.22. The van der Waals surface area contributed by atoms with Gasteiger partial charge < -0.3 is 10.8 Å². The highest BCUT2D eigenvalue weighted by Gasteiger charge is 2.39. The standard InChI is InChI=1S/C13H19F2NO/c1-12(2,3)13(17,8-16)7-9-5-4-6-10(14)11(9)15/h4-6,17H,7-8,16H2,1-3H3. The van der Waals surface area contributed by atoms with Crippen LogP contribution in [-0.2, 0) is 6.42 Å². The van der Waals surface area contributed by atoms with E-state index in [2.05, 4.69) is 0 Å². The molecule has 0 aliphatic carbocycles. The molecule has 1 unspecified atom stereocenters. The molecular weight excluding hydrogens is 224 g/mol. The third kappa shape index (κ3) is 2.82. The van der Waals surface area contributed by atoms with Crippen LogP contribution in [0.5, 0.6) is 0 Å². The monoisotopic (exact) mass is 243 g/mol. The molecule has 0 aliphatic rings. The summed E-state index contributed by atoms with van der Waals surface area (Å²) in [4.78, 5) is 0. The molecule has 0 spiro atoms. The Hall–Kier alpha value is -1.00. The number of nitrogens with two attached hydrogens (primary N) is 1. The van der Waals surface area contributed by atoms with Gasteiger partial charge in [-0.25, -0.2) is 8.78 Å². The SMILES string of the molecule is CC(C)(C)C(O)(CN)Cc1cccc(F)c1F. The Bertz CT molecular complexity index is 401. The minimum atomic E-state index is -1.26. The Morgan fingerprint density at radius 1 is 1.24 bits per heavy atom. The average Bonchev–Trinajstić information content (AvgIpc) is 2.23. The van der Waals surface area contributed by atoms with Crippen LogP contribution in [0.15, 0.2) is 18.2 Å². The molecule has 0 amide bonds. The maximum Gasteiger partial charge on any atom is 0.162 e. The van der Waals surface area contributed by atoms with Gasteiger partial charge in [-0.15, -0.1) is 0 Å². The van der Waals surface area contributed by atoms with Gasteiger partial charge in [0.15, 0.2) is 11.6 Å². The zero-order chi connectivity index (χ0) is 13.3. The zero-order valence-corrected chi connectivity index (χ0v) is 10.4. The van der Waals surface area contributed by atoms with Crippen molar-refractivity contribution >= 4 is 0 Å². The third-order valence-electron chi connectivity index (χ3n) is 3.25. The van der Waals surface area contributed by atoms with Crippen LogP contribution in [0.25, 0.3) is 0 Å². The second-order valence-corrected chi connectivity index (χ2v) is 5.38. The lowest BCUT2D eigenvalue weighted by Crippen LogP contribution is -2.51. The van der Waals surface area contributed by atoms with Crippen LogP contribution in [0.2, 0.25) is 0 Å². The van der Waals surface area contributed by atoms with Crippen molar-refractivity contribution < 1.29 is 13.9 Å². The van der Waals surface area contributed by atoms with E-state index in [1.54, 1.807) is 0 Å². The smallest absolute Gasteiger partial charge is 0.162 e. The molecule has 0 saturated heterocycles. The Morgan fingerprint density at radius 2 is 1.82 bits per heavy atom. The maximum atomic E-state index is 13.5. The van der Waals surface area contributed by atoms with Crippen molar-refractivity contribution in [2.75, 3.05) is 6.54 Å². The largest absolute Gasteiger partial charge is 0.388 e. The molecule has 0 aromatic heterocycles. The molecule has 1 aromatic rings. The number of rotatable bonds is 3. The number of hydrogen-bond donors (Lipinski definition) is 2. The summed E-state index contributed by atoms with van der Waals surface area (Å²) in [6.45, 7) is 5.44. The molecule has 4 heteroatoms. The van der Waals surface area contributed by atoms with Gasteiger partial charge >= 0.3 is 0 Å². The Balaban J connectivity index is 3.08. The van der Waals surface area contributed by atoms with Crippen LogP contribution in [0, 0.1) is 17.0 Å². The molecule has 3 N–H and O–H groups in total. The topological polar surface area (TPSA) is 46.2 Å². The van der Waals surface area contributed by atoms with Crippen molar-refractivity contribution in [2.24, 2.45) is 11.1 Å². The summed E-state index contributed by atoms with van der Waals surface area (Å²) < 4.78 is 26.6. The minimum absolute atomic E-state index is 0.00338. The van der Waals surface area contributed by atoms with Crippen molar-refractivity contribution in [2.45, 2.75) is 32.8 Å². The van der Waals surface area contributed by atoms with Gasteiger partial charge in [0, 0.05) is 13.0 Å². The second-order valence-electron chi connectivity index (χ2n) is 5.38. The van der Waals surface area contributed by atoms with E-state index in [1.165, 1.54) is 12.1 Å². The van der Waals surface area contributed by atoms with E-state index in [9.17, 15) is 13.9 Å². The van der Waals surface area contributed by atoms with Gasteiger partial charge in [0.05, 0.1) is 5.60 Å². The van der Waals surface area contributed by atoms with Gasteiger partial charge in [-0.05, 0) is 17.0 Å². The lowest BCUT2D eigenvalue weighted by molar-refractivity contribution is -0.0496. The van der Waals surface area contributed by atoms with Crippen molar-refractivity contribution in [3.63, 3.8) is 0 Å². The van der Waals surface area contributed by atoms with Crippen molar-refractivity contribution in [3.8, 4) is 0 Å². The fraction of sp³-hybridized carbons (Fsp3) is 0.538. The predicted octanol–water partition coefficient (Wildman–Crippen LogP) is 2.24. The van der Waals surface area contributed by atoms with Crippen LogP contribution < -0.4 is 5.73 Å². The summed E-state index contributed by atoms with van der Waals surface area (Å²) in [5, 5.41) is 10.4. The van der Waals surface area contributed by atoms with Crippen LogP contribution in [0.4, 0.5) is 8.78 Å². The van der Waals surface area contributed by atoms with E-state index in [4.69, 9.17) is 5.73 Å². The third-order valence-corrected chi connectivity index (χ3v) is 3.25. The molecule has 0 saturated carbocycles. The van der Waals surface area contributed by atoms with Crippen LogP contribution in [0.1, 0.15) is 26.3 Å². The van der Waals surface area contributed by atoms with Crippen LogP contribution >= 0.6 is 0 Å². The Kier molecular flexibility index (Phi) is 3.89. The molecule has 2 nitrogen and oxygen atoms in total. The van der Waals surface area contributed by atoms with Crippen molar-refractivity contribution in [1.82, 2.24) is 0 Å². The van der Waals surface area contributed by atoms with Gasteiger partial charge in [0.1, 0.15) is 0 Å². The molecular formula is C13H19F2NO. The summed E-state index contributed by atoms with van der Waals surface area (Å²) in [5.74, 6) is -1.82. The van der Waals surface area contributed by atoms with Gasteiger partial charge in [0.25, 0.3) is 0 Å². The lowest BCUT2D eigenvalue weighted by atomic mass is 9.73. The molecule has 0 heterocycles. The second kappa shape index (κ2) is 4.70. The molecule has 96 valence electrons. The maximum absolute atomic E-state index is 13.5. The van der Waals surface area contributed by atoms with E-state index in [0.29, 0.717) is 0 Å². The zero-order valence-electron chi connectivity index (χ0n) is 10.4. The van der Waals surface area contributed by atoms with E-state index < -0.39 is 22.7 Å². The molecule has 0 aliphatic heterocycles. The first-order chi connectivity index (χ1) is 7.71. The molecule has 0 bridgehead atoms. The van der Waals surface area contributed by atoms with E-state index in [-0.39, 0.29) is 18.5 Å². The Morgan fingerprint density at radius 3 is 2.29 bits per heavy atom. The van der Waals surface area contributed by atoms with Crippen LogP contribution in [-0.4, -0.2) is 17.3 Å². The summed E-state index contributed by atoms with van der Waals surface area (Å²) in [5.41, 5.74) is 3.93. The van der Waals surface area contributed by atoms with E-state index >= 15 is 0 Å². The van der Waals surface area contributed by atoms with Gasteiger partial charge in [0.2, 0.25) is 0 Å². The molecule has 1 rings (SSSR count). The fourth-order valence-electron chi connectivity index (χ4n) is 1.64. The highest BCUT2D eigenvalue weighted by atomic mass is 19.2. The first-order valence-corrected chi connectivity index (χ1v) is 5.56. The molecule has 1 atom stereocenters. The normalized spacial score (nSPS) is 15.7. The molecule has 0 radical (unpaired) electrons. The first-order valence-electron chi connectivity index (χ1n) is 5.56. The molecule has 17 heavy (non-hydrogen) atoms. The number of halogens is 2. The molecule has 1 aromatic carbocycles. The predicted molar refractivity (Wildman–Crippen MR) is 63.5 cm³/mol. The van der Waals surface area contributed by atoms with E-state index in [1.807, 2.05) is 20.8 Å². The summed E-state index contributed by atoms with van der Waals surface area (Å²) >= 11 is 0. The number of aliphatic hydroxyl groups is 1.